The fourth-order valence-corrected chi connectivity index (χ4v) is 3.55. The molecule has 0 fully saturated rings. The Hall–Kier alpha value is -4.72. The van der Waals surface area contributed by atoms with Crippen LogP contribution in [0.5, 0.6) is 5.75 Å². The number of pyridine rings is 1. The van der Waals surface area contributed by atoms with E-state index in [2.05, 4.69) is 15.5 Å². The fourth-order valence-electron chi connectivity index (χ4n) is 3.55. The number of carbonyl (C=O) groups is 2. The second kappa shape index (κ2) is 9.03. The lowest BCUT2D eigenvalue weighted by atomic mass is 10.1. The van der Waals surface area contributed by atoms with Crippen LogP contribution >= 0.6 is 0 Å². The number of aryl methyl sites for hydroxylation is 1. The van der Waals surface area contributed by atoms with Crippen molar-refractivity contribution >= 4 is 23.0 Å². The Morgan fingerprint density at radius 2 is 1.85 bits per heavy atom. The van der Waals surface area contributed by atoms with Crippen molar-refractivity contribution in [3.63, 3.8) is 0 Å². The number of ether oxygens (including phenoxy) is 1. The van der Waals surface area contributed by atoms with Gasteiger partial charge in [0.05, 0.1) is 22.9 Å². The number of fused-ring (bicyclic) bond motifs is 1. The first-order valence-corrected chi connectivity index (χ1v) is 10.5. The van der Waals surface area contributed by atoms with Crippen LogP contribution in [0.2, 0.25) is 0 Å². The predicted octanol–water partition coefficient (Wildman–Crippen LogP) is 4.94. The Kier molecular flexibility index (Phi) is 5.61. The van der Waals surface area contributed by atoms with Crippen molar-refractivity contribution < 1.29 is 23.3 Å². The highest BCUT2D eigenvalue weighted by Crippen LogP contribution is 2.28. The van der Waals surface area contributed by atoms with Crippen LogP contribution < -0.4 is 10.1 Å². The number of benzene rings is 2. The number of nitrogens with one attached hydrogen (secondary N) is 1. The predicted molar refractivity (Wildman–Crippen MR) is 123 cm³/mol. The Labute approximate surface area is 194 Å². The molecule has 0 aliphatic rings. The van der Waals surface area contributed by atoms with E-state index in [0.717, 1.165) is 5.56 Å². The SMILES string of the molecule is Cc1noc2nc(-c3ccco3)cc(C(=O)Oc3cccc(C(=O)NCc4ccccc4)c3)c12. The van der Waals surface area contributed by atoms with Crippen molar-refractivity contribution in [3.8, 4) is 17.2 Å². The van der Waals surface area contributed by atoms with E-state index in [1.807, 2.05) is 30.3 Å². The number of amides is 1. The number of hydrogen-bond donors (Lipinski definition) is 1. The lowest BCUT2D eigenvalue weighted by Crippen LogP contribution is -2.22. The number of hydrogen-bond acceptors (Lipinski definition) is 7. The molecule has 0 aliphatic carbocycles. The first-order valence-electron chi connectivity index (χ1n) is 10.5. The molecular formula is C26H19N3O5. The number of aromatic nitrogens is 2. The molecule has 168 valence electrons. The van der Waals surface area contributed by atoms with E-state index in [1.165, 1.54) is 12.3 Å². The van der Waals surface area contributed by atoms with Gasteiger partial charge in [-0.3, -0.25) is 4.79 Å². The van der Waals surface area contributed by atoms with Crippen LogP contribution in [0, 0.1) is 6.92 Å². The second-order valence-corrected chi connectivity index (χ2v) is 7.57. The molecule has 8 heteroatoms. The van der Waals surface area contributed by atoms with Gasteiger partial charge in [-0.05, 0) is 48.9 Å². The van der Waals surface area contributed by atoms with E-state index >= 15 is 0 Å². The van der Waals surface area contributed by atoms with Crippen LogP contribution in [0.25, 0.3) is 22.6 Å². The molecule has 5 aromatic rings. The molecule has 2 aromatic carbocycles. The van der Waals surface area contributed by atoms with Gasteiger partial charge in [0, 0.05) is 12.1 Å². The lowest BCUT2D eigenvalue weighted by Gasteiger charge is -2.09. The first-order chi connectivity index (χ1) is 16.6. The molecule has 0 aliphatic heterocycles. The van der Waals surface area contributed by atoms with Gasteiger partial charge in [-0.1, -0.05) is 41.6 Å². The van der Waals surface area contributed by atoms with Gasteiger partial charge in [0.15, 0.2) is 5.76 Å². The number of rotatable bonds is 6. The van der Waals surface area contributed by atoms with Crippen molar-refractivity contribution in [2.24, 2.45) is 0 Å². The summed E-state index contributed by atoms with van der Waals surface area (Å²) in [4.78, 5) is 30.1. The number of carbonyl (C=O) groups excluding carboxylic acids is 2. The summed E-state index contributed by atoms with van der Waals surface area (Å²) in [5, 5.41) is 7.24. The van der Waals surface area contributed by atoms with E-state index in [1.54, 1.807) is 43.3 Å². The highest BCUT2D eigenvalue weighted by Gasteiger charge is 2.22. The molecule has 3 aromatic heterocycles. The van der Waals surface area contributed by atoms with Crippen LogP contribution in [-0.2, 0) is 6.54 Å². The van der Waals surface area contributed by atoms with Gasteiger partial charge in [-0.25, -0.2) is 9.78 Å². The zero-order chi connectivity index (χ0) is 23.5. The third kappa shape index (κ3) is 4.29. The monoisotopic (exact) mass is 453 g/mol. The van der Waals surface area contributed by atoms with Crippen LogP contribution in [0.1, 0.15) is 32.0 Å². The van der Waals surface area contributed by atoms with Gasteiger partial charge >= 0.3 is 5.97 Å². The molecule has 0 saturated carbocycles. The minimum atomic E-state index is -0.631. The largest absolute Gasteiger partial charge is 0.463 e. The maximum Gasteiger partial charge on any atom is 0.344 e. The second-order valence-electron chi connectivity index (χ2n) is 7.57. The lowest BCUT2D eigenvalue weighted by molar-refractivity contribution is 0.0735. The van der Waals surface area contributed by atoms with Crippen LogP contribution in [0.4, 0.5) is 0 Å². The van der Waals surface area contributed by atoms with Crippen molar-refractivity contribution in [2.45, 2.75) is 13.5 Å². The van der Waals surface area contributed by atoms with Crippen molar-refractivity contribution in [1.82, 2.24) is 15.5 Å². The summed E-state index contributed by atoms with van der Waals surface area (Å²) in [6.07, 6.45) is 1.51. The normalized spacial score (nSPS) is 10.9. The molecule has 8 nitrogen and oxygen atoms in total. The average molecular weight is 453 g/mol. The minimum absolute atomic E-state index is 0.201. The summed E-state index contributed by atoms with van der Waals surface area (Å²) in [6, 6.07) is 21.0. The number of esters is 1. The maximum atomic E-state index is 13.1. The van der Waals surface area contributed by atoms with Crippen LogP contribution in [-0.4, -0.2) is 22.0 Å². The minimum Gasteiger partial charge on any atom is -0.463 e. The van der Waals surface area contributed by atoms with Gasteiger partial charge in [0.1, 0.15) is 11.4 Å². The third-order valence-electron chi connectivity index (χ3n) is 5.21. The highest BCUT2D eigenvalue weighted by molar-refractivity contribution is 6.05. The Morgan fingerprint density at radius 3 is 2.65 bits per heavy atom. The Bertz CT molecular complexity index is 1470. The summed E-state index contributed by atoms with van der Waals surface area (Å²) in [5.74, 6) is -0.200. The maximum absolute atomic E-state index is 13.1. The molecule has 1 amide bonds. The smallest absolute Gasteiger partial charge is 0.344 e. The molecule has 0 radical (unpaired) electrons. The van der Waals surface area contributed by atoms with Crippen molar-refractivity contribution in [3.05, 3.63) is 101 Å². The topological polar surface area (TPSA) is 107 Å². The molecular weight excluding hydrogens is 434 g/mol. The first kappa shape index (κ1) is 21.1. The zero-order valence-electron chi connectivity index (χ0n) is 18.1. The van der Waals surface area contributed by atoms with Crippen LogP contribution in [0.15, 0.2) is 88.0 Å². The van der Waals surface area contributed by atoms with Crippen LogP contribution in [0.3, 0.4) is 0 Å². The zero-order valence-corrected chi connectivity index (χ0v) is 18.1. The summed E-state index contributed by atoms with van der Waals surface area (Å²) < 4.78 is 16.3. The molecule has 1 N–H and O–H groups in total. The Morgan fingerprint density at radius 1 is 1.00 bits per heavy atom. The summed E-state index contributed by atoms with van der Waals surface area (Å²) in [5.41, 5.74) is 2.71. The van der Waals surface area contributed by atoms with E-state index in [0.29, 0.717) is 34.6 Å². The van der Waals surface area contributed by atoms with Gasteiger partial charge in [0.2, 0.25) is 0 Å². The van der Waals surface area contributed by atoms with E-state index in [-0.39, 0.29) is 22.9 Å². The quantitative estimate of drug-likeness (QED) is 0.287. The van der Waals surface area contributed by atoms with Crippen molar-refractivity contribution in [1.29, 1.82) is 0 Å². The van der Waals surface area contributed by atoms with Gasteiger partial charge in [-0.2, -0.15) is 0 Å². The highest BCUT2D eigenvalue weighted by atomic mass is 16.5. The van der Waals surface area contributed by atoms with E-state index in [9.17, 15) is 9.59 Å². The molecule has 3 heterocycles. The van der Waals surface area contributed by atoms with Gasteiger partial charge in [0.25, 0.3) is 11.6 Å². The number of nitrogens with zero attached hydrogens (tertiary/aromatic N) is 2. The summed E-state index contributed by atoms with van der Waals surface area (Å²) in [6.45, 7) is 2.11. The summed E-state index contributed by atoms with van der Waals surface area (Å²) >= 11 is 0. The van der Waals surface area contributed by atoms with E-state index in [4.69, 9.17) is 13.7 Å². The summed E-state index contributed by atoms with van der Waals surface area (Å²) in [7, 11) is 0. The molecule has 0 unspecified atom stereocenters. The van der Waals surface area contributed by atoms with Gasteiger partial charge < -0.3 is 19.0 Å². The van der Waals surface area contributed by atoms with Gasteiger partial charge in [-0.15, -0.1) is 0 Å². The fraction of sp³-hybridized carbons (Fsp3) is 0.0769. The third-order valence-corrected chi connectivity index (χ3v) is 5.21. The average Bonchev–Trinajstić information content (AvgIpc) is 3.53. The molecule has 5 rings (SSSR count). The van der Waals surface area contributed by atoms with E-state index < -0.39 is 5.97 Å². The molecule has 0 atom stereocenters. The molecule has 0 saturated heterocycles. The van der Waals surface area contributed by atoms with Crippen molar-refractivity contribution in [2.75, 3.05) is 0 Å². The molecule has 0 bridgehead atoms. The standard InChI is InChI=1S/C26H19N3O5/c1-16-23-20(14-21(22-11-6-12-32-22)28-25(23)34-29-16)26(31)33-19-10-5-9-18(13-19)24(30)27-15-17-7-3-2-4-8-17/h2-14H,15H2,1H3,(H,27,30). The Balaban J connectivity index is 1.38. The molecule has 34 heavy (non-hydrogen) atoms. The number of furan rings is 1. The molecule has 0 spiro atoms.